The highest BCUT2D eigenvalue weighted by atomic mass is 15.0. The largest absolute Gasteiger partial charge is 0.307 e. The van der Waals surface area contributed by atoms with Crippen LogP contribution < -0.4 is 0 Å². The highest BCUT2D eigenvalue weighted by molar-refractivity contribution is 6.45. The minimum Gasteiger partial charge on any atom is -0.307 e. The first kappa shape index (κ1) is 31.0. The van der Waals surface area contributed by atoms with Crippen molar-refractivity contribution in [3.63, 3.8) is 0 Å². The molecule has 2 heterocycles. The summed E-state index contributed by atoms with van der Waals surface area (Å²) in [4.78, 5) is 0. The lowest BCUT2D eigenvalue weighted by atomic mass is 9.89. The molecule has 0 saturated heterocycles. The zero-order valence-electron chi connectivity index (χ0n) is 30.5. The average molecular weight is 711 g/mol. The van der Waals surface area contributed by atoms with Crippen LogP contribution >= 0.6 is 0 Å². The molecule has 2 nitrogen and oxygen atoms in total. The third-order valence-corrected chi connectivity index (χ3v) is 11.8. The van der Waals surface area contributed by atoms with Gasteiger partial charge < -0.3 is 9.13 Å². The van der Waals surface area contributed by atoms with Crippen molar-refractivity contribution in [2.75, 3.05) is 0 Å². The minimum absolute atomic E-state index is 1.13. The predicted molar refractivity (Wildman–Crippen MR) is 239 cm³/mol. The van der Waals surface area contributed by atoms with Gasteiger partial charge in [0.1, 0.15) is 0 Å². The van der Waals surface area contributed by atoms with E-state index in [9.17, 15) is 0 Å². The van der Waals surface area contributed by atoms with E-state index in [0.717, 1.165) is 11.4 Å². The fraction of sp³-hybridized carbons (Fsp3) is 0. The summed E-state index contributed by atoms with van der Waals surface area (Å²) in [7, 11) is 0. The molecule has 0 fully saturated rings. The number of aromatic nitrogens is 2. The quantitative estimate of drug-likeness (QED) is 0.161. The van der Waals surface area contributed by atoms with Crippen molar-refractivity contribution in [2.24, 2.45) is 0 Å². The van der Waals surface area contributed by atoms with E-state index in [-0.39, 0.29) is 0 Å². The predicted octanol–water partition coefficient (Wildman–Crippen LogP) is 14.7. The Hall–Kier alpha value is -7.42. The van der Waals surface area contributed by atoms with Gasteiger partial charge in [0.2, 0.25) is 0 Å². The standard InChI is InChI=1S/C54H34N2/c1-3-16-35(17-4-1)37-18-15-19-38(34-37)36-30-32-40(33-31-36)56-48-29-14-12-27-46(48)52-50-44-25-10-8-23-42(44)41-22-7-9-24-43(41)49(50)51-45-26-11-13-28-47(45)55(53(51)54(52)56)39-20-5-2-6-21-39/h1-34H. The van der Waals surface area contributed by atoms with E-state index in [2.05, 4.69) is 215 Å². The zero-order valence-corrected chi connectivity index (χ0v) is 30.5. The van der Waals surface area contributed by atoms with Gasteiger partial charge >= 0.3 is 0 Å². The summed E-state index contributed by atoms with van der Waals surface area (Å²) in [6.45, 7) is 0. The van der Waals surface area contributed by atoms with Gasteiger partial charge in [0.25, 0.3) is 0 Å². The van der Waals surface area contributed by atoms with E-state index in [0.29, 0.717) is 0 Å². The van der Waals surface area contributed by atoms with Crippen molar-refractivity contribution in [3.8, 4) is 33.6 Å². The van der Waals surface area contributed by atoms with Crippen molar-refractivity contribution in [3.05, 3.63) is 206 Å². The molecule has 260 valence electrons. The van der Waals surface area contributed by atoms with Crippen molar-refractivity contribution in [2.45, 2.75) is 0 Å². The van der Waals surface area contributed by atoms with Crippen LogP contribution in [0, 0.1) is 0 Å². The van der Waals surface area contributed by atoms with Gasteiger partial charge in [-0.05, 0) is 86.3 Å². The van der Waals surface area contributed by atoms with Gasteiger partial charge in [-0.2, -0.15) is 0 Å². The van der Waals surface area contributed by atoms with E-state index >= 15 is 0 Å². The lowest BCUT2D eigenvalue weighted by molar-refractivity contribution is 1.15. The molecule has 2 heteroatoms. The Balaban J connectivity index is 1.27. The summed E-state index contributed by atoms with van der Waals surface area (Å²) in [6, 6.07) is 75.5. The van der Waals surface area contributed by atoms with Crippen LogP contribution in [0.5, 0.6) is 0 Å². The van der Waals surface area contributed by atoms with Crippen LogP contribution in [-0.4, -0.2) is 9.13 Å². The Bertz CT molecular complexity index is 3500. The Morgan fingerprint density at radius 1 is 0.232 bits per heavy atom. The number of nitrogens with zero attached hydrogens (tertiary/aromatic N) is 2. The number of hydrogen-bond acceptors (Lipinski definition) is 0. The maximum absolute atomic E-state index is 2.53. The lowest BCUT2D eigenvalue weighted by Gasteiger charge is -2.17. The molecule has 0 spiro atoms. The first-order chi connectivity index (χ1) is 27.8. The molecule has 56 heavy (non-hydrogen) atoms. The number of hydrogen-bond donors (Lipinski definition) is 0. The van der Waals surface area contributed by atoms with E-state index in [1.807, 2.05) is 0 Å². The molecular formula is C54H34N2. The lowest BCUT2D eigenvalue weighted by Crippen LogP contribution is -1.99. The first-order valence-electron chi connectivity index (χ1n) is 19.4. The highest BCUT2D eigenvalue weighted by Crippen LogP contribution is 2.50. The number of para-hydroxylation sites is 3. The molecule has 0 aliphatic rings. The van der Waals surface area contributed by atoms with Gasteiger partial charge in [-0.25, -0.2) is 0 Å². The van der Waals surface area contributed by atoms with Gasteiger partial charge in [-0.3, -0.25) is 0 Å². The normalized spacial score (nSPS) is 11.9. The summed E-state index contributed by atoms with van der Waals surface area (Å²) in [6.07, 6.45) is 0. The van der Waals surface area contributed by atoms with E-state index in [4.69, 9.17) is 0 Å². The minimum atomic E-state index is 1.13. The van der Waals surface area contributed by atoms with Crippen molar-refractivity contribution >= 4 is 75.9 Å². The fourth-order valence-electron chi connectivity index (χ4n) is 9.52. The molecule has 0 aliphatic carbocycles. The molecule has 0 saturated carbocycles. The SMILES string of the molecule is c1ccc(-c2cccc(-c3ccc(-n4c5ccccc5c5c6c7ccccc7c7ccccc7c6c6c7ccccc7n(-c7ccccc7)c6c54)cc3)c2)cc1. The Morgan fingerprint density at radius 3 is 1.12 bits per heavy atom. The second kappa shape index (κ2) is 12.0. The maximum Gasteiger partial charge on any atom is 0.0795 e. The average Bonchev–Trinajstić information content (AvgIpc) is 3.81. The van der Waals surface area contributed by atoms with E-state index in [1.165, 1.54) is 98.2 Å². The molecule has 0 aliphatic heterocycles. The van der Waals surface area contributed by atoms with Crippen LogP contribution in [0.4, 0.5) is 0 Å². The Kier molecular flexibility index (Phi) is 6.66. The molecule has 2 aromatic heterocycles. The smallest absolute Gasteiger partial charge is 0.0795 e. The molecule has 12 rings (SSSR count). The third-order valence-electron chi connectivity index (χ3n) is 11.8. The third kappa shape index (κ3) is 4.38. The summed E-state index contributed by atoms with van der Waals surface area (Å²) in [5, 5.41) is 12.8. The van der Waals surface area contributed by atoms with E-state index in [1.54, 1.807) is 0 Å². The van der Waals surface area contributed by atoms with Crippen LogP contribution in [0.1, 0.15) is 0 Å². The summed E-state index contributed by atoms with van der Waals surface area (Å²) in [5.74, 6) is 0. The van der Waals surface area contributed by atoms with Crippen molar-refractivity contribution in [1.82, 2.24) is 9.13 Å². The van der Waals surface area contributed by atoms with Gasteiger partial charge in [0.05, 0.1) is 22.1 Å². The Morgan fingerprint density at radius 2 is 0.607 bits per heavy atom. The van der Waals surface area contributed by atoms with Crippen LogP contribution in [-0.2, 0) is 0 Å². The molecule has 0 N–H and O–H groups in total. The number of benzene rings is 10. The summed E-state index contributed by atoms with van der Waals surface area (Å²) in [5.41, 5.74) is 11.9. The molecule has 10 aromatic carbocycles. The second-order valence-electron chi connectivity index (χ2n) is 14.8. The monoisotopic (exact) mass is 710 g/mol. The van der Waals surface area contributed by atoms with Gasteiger partial charge in [0, 0.05) is 43.7 Å². The van der Waals surface area contributed by atoms with Gasteiger partial charge in [0.15, 0.2) is 0 Å². The summed E-state index contributed by atoms with van der Waals surface area (Å²) < 4.78 is 5.04. The molecule has 0 radical (unpaired) electrons. The molecule has 0 atom stereocenters. The zero-order chi connectivity index (χ0) is 36.7. The second-order valence-corrected chi connectivity index (χ2v) is 14.8. The maximum atomic E-state index is 2.53. The van der Waals surface area contributed by atoms with E-state index < -0.39 is 0 Å². The molecule has 0 unspecified atom stereocenters. The molecule has 0 bridgehead atoms. The highest BCUT2D eigenvalue weighted by Gasteiger charge is 2.27. The van der Waals surface area contributed by atoms with Crippen LogP contribution in [0.2, 0.25) is 0 Å². The fourth-order valence-corrected chi connectivity index (χ4v) is 9.52. The van der Waals surface area contributed by atoms with Crippen molar-refractivity contribution < 1.29 is 0 Å². The van der Waals surface area contributed by atoms with Crippen molar-refractivity contribution in [1.29, 1.82) is 0 Å². The summed E-state index contributed by atoms with van der Waals surface area (Å²) >= 11 is 0. The molecule has 12 aromatic rings. The topological polar surface area (TPSA) is 9.86 Å². The first-order valence-corrected chi connectivity index (χ1v) is 19.4. The van der Waals surface area contributed by atoms with Crippen LogP contribution in [0.25, 0.3) is 110 Å². The molecule has 0 amide bonds. The van der Waals surface area contributed by atoms with Gasteiger partial charge in [-0.1, -0.05) is 164 Å². The van der Waals surface area contributed by atoms with Crippen LogP contribution in [0.3, 0.4) is 0 Å². The molecular weight excluding hydrogens is 677 g/mol. The van der Waals surface area contributed by atoms with Crippen LogP contribution in [0.15, 0.2) is 206 Å². The Labute approximate surface area is 323 Å². The number of rotatable bonds is 4. The number of fused-ring (bicyclic) bond motifs is 15. The van der Waals surface area contributed by atoms with Gasteiger partial charge in [-0.15, -0.1) is 0 Å².